The van der Waals surface area contributed by atoms with Gasteiger partial charge in [-0.05, 0) is 43.7 Å². The van der Waals surface area contributed by atoms with Crippen molar-refractivity contribution in [3.8, 4) is 0 Å². The minimum absolute atomic E-state index is 0.337. The fourth-order valence-electron chi connectivity index (χ4n) is 2.55. The zero-order chi connectivity index (χ0) is 21.4. The van der Waals surface area contributed by atoms with Crippen LogP contribution in [0, 0.1) is 6.92 Å². The van der Waals surface area contributed by atoms with E-state index >= 15 is 0 Å². The number of carbonyl (C=O) groups is 3. The van der Waals surface area contributed by atoms with Crippen molar-refractivity contribution in [3.05, 3.63) is 65.2 Å². The Kier molecular flexibility index (Phi) is 7.77. The molecule has 0 spiro atoms. The summed E-state index contributed by atoms with van der Waals surface area (Å²) in [5.41, 5.74) is 3.41. The minimum atomic E-state index is -0.866. The molecule has 29 heavy (non-hydrogen) atoms. The van der Waals surface area contributed by atoms with Gasteiger partial charge in [0, 0.05) is 31.9 Å². The summed E-state index contributed by atoms with van der Waals surface area (Å²) < 4.78 is 4.99. The van der Waals surface area contributed by atoms with Crippen molar-refractivity contribution in [3.63, 3.8) is 0 Å². The summed E-state index contributed by atoms with van der Waals surface area (Å²) in [6.07, 6.45) is 0. The van der Waals surface area contributed by atoms with Gasteiger partial charge in [-0.2, -0.15) is 0 Å². The summed E-state index contributed by atoms with van der Waals surface area (Å²) in [5.74, 6) is -1.45. The van der Waals surface area contributed by atoms with E-state index in [4.69, 9.17) is 4.74 Å². The van der Waals surface area contributed by atoms with Crippen molar-refractivity contribution in [2.45, 2.75) is 26.4 Å². The maximum Gasteiger partial charge on any atom is 0.328 e. The number of hydrogen-bond acceptors (Lipinski definition) is 5. The SMILES string of the molecule is Cc1cccc(C(=O)N[C@@H](C)C(=O)OCC(=O)NCc2ccc(N(C)C)cc2)c1. The second-order valence-electron chi connectivity index (χ2n) is 7.01. The van der Waals surface area contributed by atoms with Gasteiger partial charge in [0.05, 0.1) is 0 Å². The summed E-state index contributed by atoms with van der Waals surface area (Å²) in [5, 5.41) is 5.27. The predicted molar refractivity (Wildman–Crippen MR) is 112 cm³/mol. The number of rotatable bonds is 8. The molecule has 2 aromatic carbocycles. The molecule has 0 aliphatic heterocycles. The molecule has 0 aliphatic carbocycles. The highest BCUT2D eigenvalue weighted by Crippen LogP contribution is 2.12. The van der Waals surface area contributed by atoms with Gasteiger partial charge in [-0.1, -0.05) is 29.8 Å². The Labute approximate surface area is 171 Å². The second-order valence-corrected chi connectivity index (χ2v) is 7.01. The molecule has 0 heterocycles. The molecule has 7 nitrogen and oxygen atoms in total. The number of benzene rings is 2. The van der Waals surface area contributed by atoms with E-state index in [2.05, 4.69) is 10.6 Å². The van der Waals surface area contributed by atoms with E-state index in [-0.39, 0.29) is 5.91 Å². The number of nitrogens with zero attached hydrogens (tertiary/aromatic N) is 1. The van der Waals surface area contributed by atoms with Crippen LogP contribution in [0.1, 0.15) is 28.4 Å². The first-order chi connectivity index (χ1) is 13.8. The minimum Gasteiger partial charge on any atom is -0.454 e. The number of nitrogens with one attached hydrogen (secondary N) is 2. The lowest BCUT2D eigenvalue weighted by Crippen LogP contribution is -2.41. The van der Waals surface area contributed by atoms with Gasteiger partial charge in [0.2, 0.25) is 0 Å². The molecule has 154 valence electrons. The van der Waals surface area contributed by atoms with Crippen LogP contribution in [0.3, 0.4) is 0 Å². The normalized spacial score (nSPS) is 11.3. The van der Waals surface area contributed by atoms with E-state index in [0.29, 0.717) is 12.1 Å². The van der Waals surface area contributed by atoms with E-state index in [1.54, 1.807) is 18.2 Å². The number of hydrogen-bond donors (Lipinski definition) is 2. The van der Waals surface area contributed by atoms with Crippen LogP contribution in [0.4, 0.5) is 5.69 Å². The molecular weight excluding hydrogens is 370 g/mol. The average molecular weight is 397 g/mol. The zero-order valence-corrected chi connectivity index (χ0v) is 17.2. The largest absolute Gasteiger partial charge is 0.454 e. The van der Waals surface area contributed by atoms with E-state index in [9.17, 15) is 14.4 Å². The van der Waals surface area contributed by atoms with Gasteiger partial charge in [-0.3, -0.25) is 9.59 Å². The van der Waals surface area contributed by atoms with Crippen molar-refractivity contribution in [2.24, 2.45) is 0 Å². The number of esters is 1. The van der Waals surface area contributed by atoms with E-state index in [1.807, 2.05) is 56.3 Å². The molecule has 0 radical (unpaired) electrons. The van der Waals surface area contributed by atoms with Crippen molar-refractivity contribution in [1.82, 2.24) is 10.6 Å². The van der Waals surface area contributed by atoms with Crippen LogP contribution in [0.2, 0.25) is 0 Å². The molecule has 0 saturated carbocycles. The Morgan fingerprint density at radius 2 is 1.76 bits per heavy atom. The van der Waals surface area contributed by atoms with Crippen molar-refractivity contribution >= 4 is 23.5 Å². The standard InChI is InChI=1S/C22H27N3O4/c1-15-6-5-7-18(12-15)21(27)24-16(2)22(28)29-14-20(26)23-13-17-8-10-19(11-9-17)25(3)4/h5-12,16H,13-14H2,1-4H3,(H,23,26)(H,24,27)/t16-/m0/s1. The fraction of sp³-hybridized carbons (Fsp3) is 0.318. The predicted octanol–water partition coefficient (Wildman–Crippen LogP) is 2.04. The first kappa shape index (κ1) is 21.9. The second kappa shape index (κ2) is 10.3. The molecule has 0 aliphatic rings. The van der Waals surface area contributed by atoms with E-state index < -0.39 is 24.5 Å². The smallest absolute Gasteiger partial charge is 0.328 e. The Bertz CT molecular complexity index is 863. The molecule has 2 N–H and O–H groups in total. The summed E-state index contributed by atoms with van der Waals surface area (Å²) >= 11 is 0. The summed E-state index contributed by atoms with van der Waals surface area (Å²) in [7, 11) is 3.91. The number of amides is 2. The van der Waals surface area contributed by atoms with Gasteiger partial charge in [-0.15, -0.1) is 0 Å². The van der Waals surface area contributed by atoms with Crippen LogP contribution >= 0.6 is 0 Å². The van der Waals surface area contributed by atoms with Gasteiger partial charge in [0.1, 0.15) is 6.04 Å². The van der Waals surface area contributed by atoms with Gasteiger partial charge in [0.15, 0.2) is 6.61 Å². The molecular formula is C22H27N3O4. The lowest BCUT2D eigenvalue weighted by molar-refractivity contribution is -0.150. The Hall–Kier alpha value is -3.35. The highest BCUT2D eigenvalue weighted by molar-refractivity contribution is 5.97. The first-order valence-electron chi connectivity index (χ1n) is 9.33. The molecule has 0 fully saturated rings. The lowest BCUT2D eigenvalue weighted by Gasteiger charge is -2.14. The highest BCUT2D eigenvalue weighted by Gasteiger charge is 2.19. The number of aryl methyl sites for hydroxylation is 1. The van der Waals surface area contributed by atoms with Crippen LogP contribution in [0.25, 0.3) is 0 Å². The Morgan fingerprint density at radius 3 is 2.38 bits per heavy atom. The quantitative estimate of drug-likeness (QED) is 0.666. The van der Waals surface area contributed by atoms with E-state index in [1.165, 1.54) is 6.92 Å². The topological polar surface area (TPSA) is 87.7 Å². The highest BCUT2D eigenvalue weighted by atomic mass is 16.5. The maximum absolute atomic E-state index is 12.2. The van der Waals surface area contributed by atoms with Crippen molar-refractivity contribution in [2.75, 3.05) is 25.6 Å². The number of ether oxygens (including phenoxy) is 1. The molecule has 2 aromatic rings. The monoisotopic (exact) mass is 397 g/mol. The average Bonchev–Trinajstić information content (AvgIpc) is 2.70. The van der Waals surface area contributed by atoms with Gasteiger partial charge >= 0.3 is 5.97 Å². The van der Waals surface area contributed by atoms with E-state index in [0.717, 1.165) is 16.8 Å². The molecule has 0 unspecified atom stereocenters. The number of carbonyl (C=O) groups excluding carboxylic acids is 3. The van der Waals surface area contributed by atoms with Crippen LogP contribution < -0.4 is 15.5 Å². The Balaban J connectivity index is 1.74. The molecule has 2 rings (SSSR count). The van der Waals surface area contributed by atoms with Gasteiger partial charge < -0.3 is 20.3 Å². The van der Waals surface area contributed by atoms with Crippen LogP contribution in [-0.2, 0) is 20.9 Å². The maximum atomic E-state index is 12.2. The summed E-state index contributed by atoms with van der Waals surface area (Å²) in [4.78, 5) is 38.1. The summed E-state index contributed by atoms with van der Waals surface area (Å²) in [6.45, 7) is 3.33. The van der Waals surface area contributed by atoms with Crippen LogP contribution in [0.5, 0.6) is 0 Å². The molecule has 2 amide bonds. The molecule has 0 aromatic heterocycles. The van der Waals surface area contributed by atoms with Crippen molar-refractivity contribution < 1.29 is 19.1 Å². The third-order valence-electron chi connectivity index (χ3n) is 4.27. The Morgan fingerprint density at radius 1 is 1.07 bits per heavy atom. The third-order valence-corrected chi connectivity index (χ3v) is 4.27. The molecule has 0 saturated heterocycles. The van der Waals surface area contributed by atoms with Crippen molar-refractivity contribution in [1.29, 1.82) is 0 Å². The van der Waals surface area contributed by atoms with Crippen LogP contribution in [-0.4, -0.2) is 44.5 Å². The molecule has 0 bridgehead atoms. The summed E-state index contributed by atoms with van der Waals surface area (Å²) in [6, 6.07) is 13.9. The zero-order valence-electron chi connectivity index (χ0n) is 17.2. The third kappa shape index (κ3) is 6.95. The van der Waals surface area contributed by atoms with Gasteiger partial charge in [-0.25, -0.2) is 4.79 Å². The van der Waals surface area contributed by atoms with Crippen LogP contribution in [0.15, 0.2) is 48.5 Å². The molecule has 1 atom stereocenters. The van der Waals surface area contributed by atoms with Gasteiger partial charge in [0.25, 0.3) is 11.8 Å². The fourth-order valence-corrected chi connectivity index (χ4v) is 2.55. The lowest BCUT2D eigenvalue weighted by atomic mass is 10.1. The molecule has 7 heteroatoms. The first-order valence-corrected chi connectivity index (χ1v) is 9.33. The number of anilines is 1.